The van der Waals surface area contributed by atoms with Crippen molar-refractivity contribution < 1.29 is 13.2 Å². The van der Waals surface area contributed by atoms with Gasteiger partial charge in [0.25, 0.3) is 0 Å². The second-order valence-corrected chi connectivity index (χ2v) is 5.37. The van der Waals surface area contributed by atoms with Crippen molar-refractivity contribution in [2.75, 3.05) is 6.54 Å². The van der Waals surface area contributed by atoms with E-state index in [2.05, 4.69) is 4.72 Å². The Morgan fingerprint density at radius 1 is 1.29 bits per heavy atom. The molecular weight excluding hydrogens is 266 g/mol. The van der Waals surface area contributed by atoms with Gasteiger partial charge in [-0.1, -0.05) is 11.6 Å². The van der Waals surface area contributed by atoms with E-state index in [1.54, 1.807) is 0 Å². The third-order valence-electron chi connectivity index (χ3n) is 1.93. The smallest absolute Gasteiger partial charge is 0.240 e. The lowest BCUT2D eigenvalue weighted by molar-refractivity contribution is -0.120. The van der Waals surface area contributed by atoms with Crippen LogP contribution in [0.3, 0.4) is 0 Å². The van der Waals surface area contributed by atoms with E-state index in [0.29, 0.717) is 5.02 Å². The van der Waals surface area contributed by atoms with Crippen LogP contribution < -0.4 is 16.0 Å². The number of halogens is 1. The summed E-state index contributed by atoms with van der Waals surface area (Å²) in [5.41, 5.74) is 1.91. The number of sulfonamides is 1. The molecule has 0 aliphatic rings. The van der Waals surface area contributed by atoms with Gasteiger partial charge in [0.1, 0.15) is 0 Å². The number of nitrogens with one attached hydrogen (secondary N) is 2. The largest absolute Gasteiger partial charge is 0.294 e. The van der Waals surface area contributed by atoms with Crippen molar-refractivity contribution in [3.63, 3.8) is 0 Å². The van der Waals surface area contributed by atoms with Crippen LogP contribution in [0, 0.1) is 0 Å². The zero-order valence-electron chi connectivity index (χ0n) is 8.81. The molecule has 6 nitrogen and oxygen atoms in total. The molecule has 0 saturated carbocycles. The molecule has 0 bridgehead atoms. The van der Waals surface area contributed by atoms with Crippen molar-refractivity contribution in [1.82, 2.24) is 10.1 Å². The molecule has 1 aromatic carbocycles. The number of carbonyl (C=O) groups excluding carboxylic acids is 1. The summed E-state index contributed by atoms with van der Waals surface area (Å²) in [4.78, 5) is 10.9. The molecule has 4 N–H and O–H groups in total. The van der Waals surface area contributed by atoms with Crippen LogP contribution in [0.4, 0.5) is 0 Å². The lowest BCUT2D eigenvalue weighted by Gasteiger charge is -2.06. The van der Waals surface area contributed by atoms with Crippen LogP contribution in [0.2, 0.25) is 5.02 Å². The minimum atomic E-state index is -3.61. The number of hydrogen-bond donors (Lipinski definition) is 3. The van der Waals surface area contributed by atoms with Crippen molar-refractivity contribution in [2.24, 2.45) is 5.84 Å². The van der Waals surface area contributed by atoms with E-state index in [9.17, 15) is 13.2 Å². The molecular formula is C9H12ClN3O3S. The van der Waals surface area contributed by atoms with Gasteiger partial charge in [-0.05, 0) is 24.3 Å². The SMILES string of the molecule is NNC(=O)CCNS(=O)(=O)c1ccc(Cl)cc1. The first kappa shape index (κ1) is 13.9. The monoisotopic (exact) mass is 277 g/mol. The third-order valence-corrected chi connectivity index (χ3v) is 3.66. The molecule has 1 rings (SSSR count). The first-order chi connectivity index (χ1) is 7.95. The molecule has 8 heteroatoms. The molecule has 0 aliphatic heterocycles. The van der Waals surface area contributed by atoms with Gasteiger partial charge in [-0.25, -0.2) is 19.0 Å². The molecule has 0 spiro atoms. The predicted molar refractivity (Wildman–Crippen MR) is 63.6 cm³/mol. The van der Waals surface area contributed by atoms with Crippen LogP contribution in [0.25, 0.3) is 0 Å². The topological polar surface area (TPSA) is 101 Å². The number of hydrogen-bond acceptors (Lipinski definition) is 4. The summed E-state index contributed by atoms with van der Waals surface area (Å²) in [6, 6.07) is 5.72. The lowest BCUT2D eigenvalue weighted by atomic mass is 10.4. The second kappa shape index (κ2) is 5.97. The first-order valence-electron chi connectivity index (χ1n) is 4.70. The van der Waals surface area contributed by atoms with E-state index < -0.39 is 15.9 Å². The highest BCUT2D eigenvalue weighted by Crippen LogP contribution is 2.13. The number of benzene rings is 1. The molecule has 0 aromatic heterocycles. The Hall–Kier alpha value is -1.15. The van der Waals surface area contributed by atoms with E-state index in [-0.39, 0.29) is 17.9 Å². The molecule has 0 radical (unpaired) electrons. The number of amides is 1. The van der Waals surface area contributed by atoms with Crippen LogP contribution in [0.5, 0.6) is 0 Å². The van der Waals surface area contributed by atoms with Crippen molar-refractivity contribution in [2.45, 2.75) is 11.3 Å². The average molecular weight is 278 g/mol. The van der Waals surface area contributed by atoms with Gasteiger partial charge in [0.15, 0.2) is 0 Å². The molecule has 17 heavy (non-hydrogen) atoms. The maximum atomic E-state index is 11.7. The summed E-state index contributed by atoms with van der Waals surface area (Å²) in [6.07, 6.45) is -0.0245. The zero-order chi connectivity index (χ0) is 12.9. The van der Waals surface area contributed by atoms with Gasteiger partial charge in [0, 0.05) is 18.0 Å². The molecule has 0 heterocycles. The van der Waals surface area contributed by atoms with Crippen molar-refractivity contribution in [3.8, 4) is 0 Å². The van der Waals surface area contributed by atoms with Crippen LogP contribution in [-0.2, 0) is 14.8 Å². The highest BCUT2D eigenvalue weighted by Gasteiger charge is 2.13. The Labute approximate surface area is 104 Å². The van der Waals surface area contributed by atoms with E-state index in [1.165, 1.54) is 24.3 Å². The zero-order valence-corrected chi connectivity index (χ0v) is 10.4. The number of rotatable bonds is 5. The standard InChI is InChI=1S/C9H12ClN3O3S/c10-7-1-3-8(4-2-7)17(15,16)12-6-5-9(14)13-11/h1-4,12H,5-6,11H2,(H,13,14). The Balaban J connectivity index is 2.63. The van der Waals surface area contributed by atoms with Crippen molar-refractivity contribution in [3.05, 3.63) is 29.3 Å². The van der Waals surface area contributed by atoms with Crippen LogP contribution in [0.1, 0.15) is 6.42 Å². The van der Waals surface area contributed by atoms with Gasteiger partial charge in [-0.2, -0.15) is 0 Å². The normalized spacial score (nSPS) is 11.2. The molecule has 1 aromatic rings. The molecule has 0 fully saturated rings. The van der Waals surface area contributed by atoms with Gasteiger partial charge >= 0.3 is 0 Å². The fourth-order valence-corrected chi connectivity index (χ4v) is 2.23. The predicted octanol–water partition coefficient (Wildman–Crippen LogP) is -0.00170. The molecule has 0 atom stereocenters. The van der Waals surface area contributed by atoms with E-state index in [0.717, 1.165) is 0 Å². The van der Waals surface area contributed by atoms with Gasteiger partial charge in [0.05, 0.1) is 4.90 Å². The third kappa shape index (κ3) is 4.31. The van der Waals surface area contributed by atoms with E-state index in [4.69, 9.17) is 17.4 Å². The lowest BCUT2D eigenvalue weighted by Crippen LogP contribution is -2.34. The summed E-state index contributed by atoms with van der Waals surface area (Å²) >= 11 is 5.64. The summed E-state index contributed by atoms with van der Waals surface area (Å²) < 4.78 is 25.7. The van der Waals surface area contributed by atoms with Crippen LogP contribution in [0.15, 0.2) is 29.2 Å². The minimum absolute atomic E-state index is 0.0198. The number of hydrazine groups is 1. The minimum Gasteiger partial charge on any atom is -0.294 e. The Kier molecular flexibility index (Phi) is 4.88. The second-order valence-electron chi connectivity index (χ2n) is 3.17. The fraction of sp³-hybridized carbons (Fsp3) is 0.222. The van der Waals surface area contributed by atoms with Gasteiger partial charge in [0.2, 0.25) is 15.9 Å². The van der Waals surface area contributed by atoms with Crippen molar-refractivity contribution in [1.29, 1.82) is 0 Å². The van der Waals surface area contributed by atoms with E-state index in [1.807, 2.05) is 5.43 Å². The molecule has 94 valence electrons. The molecule has 0 aliphatic carbocycles. The van der Waals surface area contributed by atoms with E-state index >= 15 is 0 Å². The van der Waals surface area contributed by atoms with Crippen LogP contribution in [-0.4, -0.2) is 20.9 Å². The first-order valence-corrected chi connectivity index (χ1v) is 6.56. The Bertz CT molecular complexity index is 487. The highest BCUT2D eigenvalue weighted by atomic mass is 35.5. The highest BCUT2D eigenvalue weighted by molar-refractivity contribution is 7.89. The summed E-state index contributed by atoms with van der Waals surface area (Å²) in [5, 5.41) is 0.450. The molecule has 0 unspecified atom stereocenters. The summed E-state index contributed by atoms with van der Waals surface area (Å²) in [7, 11) is -3.61. The quantitative estimate of drug-likeness (QED) is 0.400. The maximum absolute atomic E-state index is 11.7. The molecule has 1 amide bonds. The average Bonchev–Trinajstić information content (AvgIpc) is 2.29. The Morgan fingerprint density at radius 3 is 2.41 bits per heavy atom. The summed E-state index contributed by atoms with van der Waals surface area (Å²) in [5.74, 6) is 4.42. The van der Waals surface area contributed by atoms with Gasteiger partial charge in [-0.15, -0.1) is 0 Å². The van der Waals surface area contributed by atoms with Crippen molar-refractivity contribution >= 4 is 27.5 Å². The molecule has 0 saturated heterocycles. The van der Waals surface area contributed by atoms with Gasteiger partial charge < -0.3 is 0 Å². The van der Waals surface area contributed by atoms with Gasteiger partial charge in [-0.3, -0.25) is 10.2 Å². The maximum Gasteiger partial charge on any atom is 0.240 e. The Morgan fingerprint density at radius 2 is 1.88 bits per heavy atom. The summed E-state index contributed by atoms with van der Waals surface area (Å²) in [6.45, 7) is -0.0198. The number of nitrogens with two attached hydrogens (primary N) is 1. The number of carbonyl (C=O) groups is 1. The van der Waals surface area contributed by atoms with Crippen LogP contribution >= 0.6 is 11.6 Å². The fourth-order valence-electron chi connectivity index (χ4n) is 1.07.